The minimum Gasteiger partial charge on any atom is -0.381 e. The number of anilines is 2. The molecule has 6 rings (SSSR count). The molecule has 2 aliphatic heterocycles. The maximum absolute atomic E-state index is 12.7. The van der Waals surface area contributed by atoms with Crippen LogP contribution in [0.1, 0.15) is 50.2 Å². The fourth-order valence-corrected chi connectivity index (χ4v) is 6.82. The summed E-state index contributed by atoms with van der Waals surface area (Å²) in [5.74, 6) is 0.434. The molecule has 0 spiro atoms. The Balaban J connectivity index is 0.00000158. The highest BCUT2D eigenvalue weighted by atomic mass is 32.1. The van der Waals surface area contributed by atoms with Crippen LogP contribution in [0.3, 0.4) is 0 Å². The van der Waals surface area contributed by atoms with E-state index in [2.05, 4.69) is 64.1 Å². The number of carbonyl (C=O) groups excluding carboxylic acids is 1. The number of pyridine rings is 1. The van der Waals surface area contributed by atoms with Crippen LogP contribution in [-0.4, -0.2) is 56.6 Å². The lowest BCUT2D eigenvalue weighted by atomic mass is 9.95. The van der Waals surface area contributed by atoms with Gasteiger partial charge in [-0.3, -0.25) is 4.79 Å². The number of rotatable bonds is 6. The van der Waals surface area contributed by atoms with Crippen molar-refractivity contribution in [3.05, 3.63) is 53.4 Å². The van der Waals surface area contributed by atoms with Gasteiger partial charge in [0.1, 0.15) is 4.88 Å². The number of ether oxygens (including phenoxy) is 2. The van der Waals surface area contributed by atoms with Crippen molar-refractivity contribution >= 4 is 49.6 Å². The van der Waals surface area contributed by atoms with Crippen LogP contribution in [0.4, 0.5) is 11.4 Å². The van der Waals surface area contributed by atoms with Crippen LogP contribution in [-0.2, 0) is 9.47 Å². The van der Waals surface area contributed by atoms with E-state index in [1.165, 1.54) is 17.0 Å². The lowest BCUT2D eigenvalue weighted by Gasteiger charge is -2.36. The molecule has 2 aliphatic rings. The fourth-order valence-electron chi connectivity index (χ4n) is 5.72. The predicted molar refractivity (Wildman–Crippen MR) is 167 cm³/mol. The van der Waals surface area contributed by atoms with Crippen molar-refractivity contribution in [3.63, 3.8) is 0 Å². The molecule has 1 amide bonds. The first-order valence-electron chi connectivity index (χ1n) is 14.5. The molecule has 0 aliphatic carbocycles. The Bertz CT molecular complexity index is 1460. The molecule has 8 heteroatoms. The summed E-state index contributed by atoms with van der Waals surface area (Å²) in [6.07, 6.45) is 2.01. The van der Waals surface area contributed by atoms with Gasteiger partial charge in [0.25, 0.3) is 5.91 Å². The smallest absolute Gasteiger partial charge is 0.263 e. The molecule has 40 heavy (non-hydrogen) atoms. The summed E-state index contributed by atoms with van der Waals surface area (Å²) in [5.41, 5.74) is 5.14. The predicted octanol–water partition coefficient (Wildman–Crippen LogP) is 6.91. The van der Waals surface area contributed by atoms with E-state index in [0.29, 0.717) is 19.1 Å². The summed E-state index contributed by atoms with van der Waals surface area (Å²) in [6.45, 7) is 11.4. The summed E-state index contributed by atoms with van der Waals surface area (Å²) in [6, 6.07) is 17.2. The van der Waals surface area contributed by atoms with E-state index in [1.54, 1.807) is 7.11 Å². The Morgan fingerprint density at radius 3 is 2.52 bits per heavy atom. The number of carbonyl (C=O) groups is 1. The highest BCUT2D eigenvalue weighted by Crippen LogP contribution is 2.41. The van der Waals surface area contributed by atoms with Crippen molar-refractivity contribution in [2.45, 2.75) is 52.9 Å². The van der Waals surface area contributed by atoms with Crippen molar-refractivity contribution in [3.8, 4) is 11.3 Å². The number of thiophene rings is 1. The van der Waals surface area contributed by atoms with Crippen LogP contribution in [0.5, 0.6) is 0 Å². The number of aromatic nitrogens is 1. The van der Waals surface area contributed by atoms with E-state index in [9.17, 15) is 4.79 Å². The molecule has 2 aromatic carbocycles. The number of methoxy groups -OCH3 is 1. The lowest BCUT2D eigenvalue weighted by molar-refractivity contribution is -0.156. The normalized spacial score (nSPS) is 18.4. The summed E-state index contributed by atoms with van der Waals surface area (Å²) in [5, 5.41) is 8.72. The molecule has 0 saturated carbocycles. The largest absolute Gasteiger partial charge is 0.381 e. The molecule has 1 saturated heterocycles. The van der Waals surface area contributed by atoms with Gasteiger partial charge in [0.2, 0.25) is 0 Å². The molecule has 2 atom stereocenters. The fraction of sp³-hybridized carbons (Fsp3) is 0.438. The van der Waals surface area contributed by atoms with Crippen molar-refractivity contribution in [2.75, 3.05) is 43.6 Å². The van der Waals surface area contributed by atoms with Gasteiger partial charge in [-0.25, -0.2) is 4.98 Å². The topological polar surface area (TPSA) is 75.7 Å². The third-order valence-corrected chi connectivity index (χ3v) is 8.86. The molecule has 1 fully saturated rings. The van der Waals surface area contributed by atoms with E-state index in [0.717, 1.165) is 68.7 Å². The van der Waals surface area contributed by atoms with E-state index in [1.807, 2.05) is 27.7 Å². The molecule has 0 bridgehead atoms. The molecular formula is C32H40N4O3S. The van der Waals surface area contributed by atoms with Gasteiger partial charge < -0.3 is 25.0 Å². The summed E-state index contributed by atoms with van der Waals surface area (Å²) in [4.78, 5) is 20.9. The van der Waals surface area contributed by atoms with E-state index in [4.69, 9.17) is 14.5 Å². The highest BCUT2D eigenvalue weighted by Gasteiger charge is 2.27. The SMILES string of the molecule is CC.CCOC(OC)C1CCN(c2ccc(-c3ccc4c(ccc5sc6c(c54)NC[C@@H](C)NC6=O)n3)cc2)CC1. The molecular weight excluding hydrogens is 520 g/mol. The first-order valence-corrected chi connectivity index (χ1v) is 15.3. The zero-order valence-electron chi connectivity index (χ0n) is 24.1. The summed E-state index contributed by atoms with van der Waals surface area (Å²) >= 11 is 1.54. The number of piperidine rings is 1. The van der Waals surface area contributed by atoms with Crippen LogP contribution in [0.25, 0.3) is 32.2 Å². The van der Waals surface area contributed by atoms with E-state index < -0.39 is 0 Å². The van der Waals surface area contributed by atoms with Crippen LogP contribution >= 0.6 is 11.3 Å². The quantitative estimate of drug-likeness (QED) is 0.250. The Morgan fingerprint density at radius 1 is 1.07 bits per heavy atom. The van der Waals surface area contributed by atoms with Crippen LogP contribution in [0, 0.1) is 5.92 Å². The Hall–Kier alpha value is -3.20. The maximum Gasteiger partial charge on any atom is 0.263 e. The average Bonchev–Trinajstić information content (AvgIpc) is 3.32. The maximum atomic E-state index is 12.7. The lowest BCUT2D eigenvalue weighted by Crippen LogP contribution is -2.39. The molecule has 4 aromatic rings. The molecule has 212 valence electrons. The van der Waals surface area contributed by atoms with Gasteiger partial charge in [0.15, 0.2) is 6.29 Å². The first-order chi connectivity index (χ1) is 19.6. The van der Waals surface area contributed by atoms with Gasteiger partial charge in [-0.05, 0) is 63.1 Å². The van der Waals surface area contributed by atoms with Gasteiger partial charge in [0, 0.05) is 72.0 Å². The van der Waals surface area contributed by atoms with Crippen LogP contribution in [0.2, 0.25) is 0 Å². The van der Waals surface area contributed by atoms with Gasteiger partial charge in [-0.2, -0.15) is 0 Å². The second kappa shape index (κ2) is 12.5. The second-order valence-corrected chi connectivity index (χ2v) is 11.2. The number of fused-ring (bicyclic) bond motifs is 5. The highest BCUT2D eigenvalue weighted by molar-refractivity contribution is 7.21. The van der Waals surface area contributed by atoms with Gasteiger partial charge in [0.05, 0.1) is 16.9 Å². The Kier molecular flexibility index (Phi) is 8.88. The van der Waals surface area contributed by atoms with Gasteiger partial charge in [-0.1, -0.05) is 26.0 Å². The van der Waals surface area contributed by atoms with Crippen molar-refractivity contribution in [2.24, 2.45) is 5.92 Å². The molecule has 0 radical (unpaired) electrons. The standard InChI is InChI=1S/C30H34N4O3S.C2H6/c1-4-37-30(36-3)20-13-15-34(16-14-20)21-7-5-19(6-8-21)23-10-9-22-24(33-23)11-12-25-26(22)27-28(38-25)29(35)32-18(2)17-31-27;1-2/h5-12,18,20,30-31H,4,13-17H2,1-3H3,(H,32,35);1-2H3/t18-,30?;/m1./s1. The molecule has 7 nitrogen and oxygen atoms in total. The summed E-state index contributed by atoms with van der Waals surface area (Å²) in [7, 11) is 1.74. The van der Waals surface area contributed by atoms with E-state index >= 15 is 0 Å². The third-order valence-electron chi connectivity index (χ3n) is 7.71. The van der Waals surface area contributed by atoms with Crippen molar-refractivity contribution in [1.29, 1.82) is 0 Å². The number of hydrogen-bond donors (Lipinski definition) is 2. The third kappa shape index (κ3) is 5.53. The second-order valence-electron chi connectivity index (χ2n) is 10.2. The Labute approximate surface area is 240 Å². The number of benzene rings is 2. The molecule has 2 aromatic heterocycles. The van der Waals surface area contributed by atoms with Crippen molar-refractivity contribution in [1.82, 2.24) is 10.3 Å². The first kappa shape index (κ1) is 28.3. The van der Waals surface area contributed by atoms with Crippen molar-refractivity contribution < 1.29 is 14.3 Å². The molecule has 2 N–H and O–H groups in total. The zero-order chi connectivity index (χ0) is 28.2. The Morgan fingerprint density at radius 2 is 1.82 bits per heavy atom. The number of nitrogens with zero attached hydrogens (tertiary/aromatic N) is 2. The zero-order valence-corrected chi connectivity index (χ0v) is 24.9. The van der Waals surface area contributed by atoms with Gasteiger partial charge in [-0.15, -0.1) is 11.3 Å². The minimum atomic E-state index is -0.106. The summed E-state index contributed by atoms with van der Waals surface area (Å²) < 4.78 is 12.4. The molecule has 1 unspecified atom stereocenters. The average molecular weight is 561 g/mol. The van der Waals surface area contributed by atoms with E-state index in [-0.39, 0.29) is 18.2 Å². The van der Waals surface area contributed by atoms with Gasteiger partial charge >= 0.3 is 0 Å². The number of hydrogen-bond acceptors (Lipinski definition) is 7. The number of nitrogens with one attached hydrogen (secondary N) is 2. The molecule has 4 heterocycles. The van der Waals surface area contributed by atoms with Crippen LogP contribution in [0.15, 0.2) is 48.5 Å². The minimum absolute atomic E-state index is 0.00597. The van der Waals surface area contributed by atoms with Crippen LogP contribution < -0.4 is 15.5 Å². The number of amides is 1. The monoisotopic (exact) mass is 560 g/mol.